The number of nitrogens with one attached hydrogen (secondary N) is 2. The molecule has 0 aromatic rings. The Morgan fingerprint density at radius 2 is 1.65 bits per heavy atom. The SMILES string of the molecule is COC(=O)[C@@H](CCSC)NC(=O)CC(=O)NC12CC3CC(CC(C3)C1)C2. The predicted molar refractivity (Wildman–Crippen MR) is 101 cm³/mol. The molecule has 1 atom stereocenters. The molecule has 26 heavy (non-hydrogen) atoms. The van der Waals surface area contributed by atoms with Crippen LogP contribution in [0.15, 0.2) is 0 Å². The molecule has 2 amide bonds. The lowest BCUT2D eigenvalue weighted by molar-refractivity contribution is -0.146. The number of carbonyl (C=O) groups excluding carboxylic acids is 3. The van der Waals surface area contributed by atoms with Gasteiger partial charge in [0.1, 0.15) is 12.5 Å². The van der Waals surface area contributed by atoms with E-state index in [0.29, 0.717) is 6.42 Å². The number of rotatable bonds is 8. The van der Waals surface area contributed by atoms with E-state index in [4.69, 9.17) is 4.74 Å². The smallest absolute Gasteiger partial charge is 0.328 e. The summed E-state index contributed by atoms with van der Waals surface area (Å²) < 4.78 is 4.74. The highest BCUT2D eigenvalue weighted by molar-refractivity contribution is 7.98. The first-order valence-electron chi connectivity index (χ1n) is 9.60. The first-order chi connectivity index (χ1) is 12.4. The molecule has 2 N–H and O–H groups in total. The van der Waals surface area contributed by atoms with Crippen molar-refractivity contribution in [3.05, 3.63) is 0 Å². The molecule has 4 bridgehead atoms. The Morgan fingerprint density at radius 3 is 2.15 bits per heavy atom. The Hall–Kier alpha value is -1.24. The molecule has 0 aromatic carbocycles. The van der Waals surface area contributed by atoms with Gasteiger partial charge < -0.3 is 15.4 Å². The fraction of sp³-hybridized carbons (Fsp3) is 0.842. The summed E-state index contributed by atoms with van der Waals surface area (Å²) in [7, 11) is 1.31. The van der Waals surface area contributed by atoms with Gasteiger partial charge in [-0.2, -0.15) is 11.8 Å². The van der Waals surface area contributed by atoms with E-state index in [1.165, 1.54) is 26.4 Å². The van der Waals surface area contributed by atoms with E-state index in [-0.39, 0.29) is 17.9 Å². The molecule has 4 aliphatic carbocycles. The van der Waals surface area contributed by atoms with Crippen molar-refractivity contribution in [2.45, 2.75) is 62.9 Å². The van der Waals surface area contributed by atoms with Crippen LogP contribution in [0.5, 0.6) is 0 Å². The fourth-order valence-corrected chi connectivity index (χ4v) is 6.09. The van der Waals surface area contributed by atoms with E-state index >= 15 is 0 Å². The lowest BCUT2D eigenvalue weighted by Crippen LogP contribution is -2.60. The highest BCUT2D eigenvalue weighted by Crippen LogP contribution is 2.55. The minimum atomic E-state index is -0.688. The molecular weight excluding hydrogens is 352 g/mol. The minimum Gasteiger partial charge on any atom is -0.467 e. The van der Waals surface area contributed by atoms with Crippen molar-refractivity contribution in [3.63, 3.8) is 0 Å². The number of thioether (sulfide) groups is 1. The minimum absolute atomic E-state index is 0.0906. The number of esters is 1. The van der Waals surface area contributed by atoms with Crippen molar-refractivity contribution >= 4 is 29.5 Å². The largest absolute Gasteiger partial charge is 0.467 e. The van der Waals surface area contributed by atoms with E-state index in [0.717, 1.165) is 42.8 Å². The number of amides is 2. The van der Waals surface area contributed by atoms with Gasteiger partial charge in [0, 0.05) is 5.54 Å². The quantitative estimate of drug-likeness (QED) is 0.495. The van der Waals surface area contributed by atoms with E-state index < -0.39 is 17.9 Å². The van der Waals surface area contributed by atoms with Crippen molar-refractivity contribution in [3.8, 4) is 0 Å². The van der Waals surface area contributed by atoms with Crippen LogP contribution < -0.4 is 10.6 Å². The number of carbonyl (C=O) groups is 3. The summed E-state index contributed by atoms with van der Waals surface area (Å²) in [6, 6.07) is -0.688. The molecule has 0 saturated heterocycles. The van der Waals surface area contributed by atoms with Gasteiger partial charge in [0.2, 0.25) is 11.8 Å². The molecular formula is C19H30N2O4S. The van der Waals surface area contributed by atoms with Crippen LogP contribution in [-0.4, -0.2) is 48.5 Å². The van der Waals surface area contributed by atoms with Crippen LogP contribution in [0.25, 0.3) is 0 Å². The maximum Gasteiger partial charge on any atom is 0.328 e. The highest BCUT2D eigenvalue weighted by atomic mass is 32.2. The van der Waals surface area contributed by atoms with Crippen molar-refractivity contribution < 1.29 is 19.1 Å². The number of hydrogen-bond donors (Lipinski definition) is 2. The van der Waals surface area contributed by atoms with E-state index in [2.05, 4.69) is 10.6 Å². The summed E-state index contributed by atoms with van der Waals surface area (Å²) >= 11 is 1.60. The van der Waals surface area contributed by atoms with Gasteiger partial charge in [0.05, 0.1) is 7.11 Å². The Morgan fingerprint density at radius 1 is 1.08 bits per heavy atom. The van der Waals surface area contributed by atoms with Gasteiger partial charge in [-0.15, -0.1) is 0 Å². The first kappa shape index (κ1) is 19.5. The number of hydrogen-bond acceptors (Lipinski definition) is 5. The lowest BCUT2D eigenvalue weighted by Gasteiger charge is -2.56. The molecule has 7 heteroatoms. The van der Waals surface area contributed by atoms with Gasteiger partial charge in [-0.25, -0.2) is 4.79 Å². The van der Waals surface area contributed by atoms with Crippen molar-refractivity contribution in [2.75, 3.05) is 19.1 Å². The topological polar surface area (TPSA) is 84.5 Å². The van der Waals surface area contributed by atoms with Crippen molar-refractivity contribution in [1.29, 1.82) is 0 Å². The second kappa shape index (κ2) is 8.19. The van der Waals surface area contributed by atoms with Crippen LogP contribution in [0.3, 0.4) is 0 Å². The summed E-state index contributed by atoms with van der Waals surface area (Å²) in [6.45, 7) is 0. The molecule has 6 nitrogen and oxygen atoms in total. The monoisotopic (exact) mass is 382 g/mol. The zero-order valence-corrected chi connectivity index (χ0v) is 16.5. The van der Waals surface area contributed by atoms with E-state index in [1.807, 2.05) is 6.26 Å². The van der Waals surface area contributed by atoms with Gasteiger partial charge in [-0.3, -0.25) is 9.59 Å². The second-order valence-corrected chi connectivity index (χ2v) is 9.33. The molecule has 0 radical (unpaired) electrons. The maximum absolute atomic E-state index is 12.5. The average molecular weight is 383 g/mol. The number of methoxy groups -OCH3 is 1. The van der Waals surface area contributed by atoms with Crippen molar-refractivity contribution in [1.82, 2.24) is 10.6 Å². The summed E-state index contributed by atoms with van der Waals surface area (Å²) in [6.07, 6.45) is 9.32. The molecule has 146 valence electrons. The molecule has 0 unspecified atom stereocenters. The average Bonchev–Trinajstić information content (AvgIpc) is 2.55. The molecule has 4 saturated carbocycles. The summed E-state index contributed by atoms with van der Waals surface area (Å²) in [5.74, 6) is 1.86. The standard InChI is InChI=1S/C19H30N2O4S/c1-25-18(24)15(3-4-26-2)20-16(22)8-17(23)21-19-9-12-5-13(10-19)7-14(6-12)11-19/h12-15H,3-11H2,1-2H3,(H,20,22)(H,21,23)/t12?,13?,14?,15-,19?/m1/s1. The van der Waals surface area contributed by atoms with Gasteiger partial charge in [0.25, 0.3) is 0 Å². The van der Waals surface area contributed by atoms with E-state index in [1.54, 1.807) is 11.8 Å². The van der Waals surface area contributed by atoms with Gasteiger partial charge in [0.15, 0.2) is 0 Å². The van der Waals surface area contributed by atoms with Gasteiger partial charge >= 0.3 is 5.97 Å². The molecule has 4 rings (SSSR count). The van der Waals surface area contributed by atoms with Gasteiger partial charge in [-0.1, -0.05) is 0 Å². The summed E-state index contributed by atoms with van der Waals surface area (Å²) in [5.41, 5.74) is -0.0906. The van der Waals surface area contributed by atoms with Crippen LogP contribution in [0.1, 0.15) is 51.4 Å². The third kappa shape index (κ3) is 4.53. The van der Waals surface area contributed by atoms with Crippen LogP contribution in [0, 0.1) is 17.8 Å². The van der Waals surface area contributed by atoms with E-state index in [9.17, 15) is 14.4 Å². The van der Waals surface area contributed by atoms with Crippen LogP contribution in [-0.2, 0) is 19.1 Å². The Balaban J connectivity index is 1.51. The van der Waals surface area contributed by atoms with Crippen LogP contribution in [0.4, 0.5) is 0 Å². The molecule has 0 heterocycles. The molecule has 0 aromatic heterocycles. The molecule has 0 spiro atoms. The van der Waals surface area contributed by atoms with Crippen LogP contribution in [0.2, 0.25) is 0 Å². The molecule has 0 aliphatic heterocycles. The third-order valence-corrected chi connectivity index (χ3v) is 6.84. The highest BCUT2D eigenvalue weighted by Gasteiger charge is 2.51. The number of ether oxygens (including phenoxy) is 1. The summed E-state index contributed by atoms with van der Waals surface area (Å²) in [5, 5.41) is 5.85. The third-order valence-electron chi connectivity index (χ3n) is 6.20. The predicted octanol–water partition coefficient (Wildman–Crippen LogP) is 1.87. The zero-order chi connectivity index (χ0) is 18.7. The first-order valence-corrected chi connectivity index (χ1v) is 11.0. The van der Waals surface area contributed by atoms with Crippen LogP contribution >= 0.6 is 11.8 Å². The van der Waals surface area contributed by atoms with Crippen molar-refractivity contribution in [2.24, 2.45) is 17.8 Å². The summed E-state index contributed by atoms with van der Waals surface area (Å²) in [4.78, 5) is 36.5. The Labute approximate surface area is 159 Å². The second-order valence-electron chi connectivity index (χ2n) is 8.35. The Kier molecular flexibility index (Phi) is 6.15. The zero-order valence-electron chi connectivity index (χ0n) is 15.7. The van der Waals surface area contributed by atoms with Gasteiger partial charge in [-0.05, 0) is 74.7 Å². The Bertz CT molecular complexity index is 530. The fourth-order valence-electron chi connectivity index (χ4n) is 5.62. The maximum atomic E-state index is 12.5. The lowest BCUT2D eigenvalue weighted by atomic mass is 9.53. The molecule has 4 fully saturated rings. The molecule has 4 aliphatic rings. The normalized spacial score (nSPS) is 32.8.